The molecule has 0 radical (unpaired) electrons. The smallest absolute Gasteiger partial charge is 0.338 e. The Bertz CT molecular complexity index is 1270. The molecule has 0 bridgehead atoms. The van der Waals surface area contributed by atoms with Gasteiger partial charge in [-0.2, -0.15) is 8.42 Å². The van der Waals surface area contributed by atoms with E-state index in [4.69, 9.17) is 38.7 Å². The summed E-state index contributed by atoms with van der Waals surface area (Å²) in [6.07, 6.45) is -3.35. The third-order valence-electron chi connectivity index (χ3n) is 6.37. The molecule has 0 amide bonds. The number of carboxylic acid groups (broad SMARTS) is 1. The molecular formula is C29H39NO11S. The van der Waals surface area contributed by atoms with Gasteiger partial charge in [0.15, 0.2) is 12.1 Å². The van der Waals surface area contributed by atoms with Gasteiger partial charge in [0.1, 0.15) is 37.1 Å². The van der Waals surface area contributed by atoms with E-state index >= 15 is 0 Å². The van der Waals surface area contributed by atoms with Crippen LogP contribution in [-0.2, 0) is 49.4 Å². The summed E-state index contributed by atoms with van der Waals surface area (Å²) in [5, 5.41) is 8.23. The van der Waals surface area contributed by atoms with E-state index in [0.29, 0.717) is 5.56 Å². The second-order valence-electron chi connectivity index (χ2n) is 10.7. The second kappa shape index (κ2) is 14.5. The van der Waals surface area contributed by atoms with E-state index in [1.54, 1.807) is 58.0 Å². The van der Waals surface area contributed by atoms with Crippen LogP contribution in [0.3, 0.4) is 0 Å². The molecule has 2 aromatic carbocycles. The van der Waals surface area contributed by atoms with Crippen LogP contribution in [0.4, 0.5) is 0 Å². The van der Waals surface area contributed by atoms with Crippen LogP contribution in [0, 0.1) is 5.92 Å². The number of aliphatic carboxylic acids is 1. The molecule has 2 fully saturated rings. The highest BCUT2D eigenvalue weighted by Crippen LogP contribution is 2.40. The lowest BCUT2D eigenvalue weighted by atomic mass is 10.1. The highest BCUT2D eigenvalue weighted by Gasteiger charge is 2.58. The highest BCUT2D eigenvalue weighted by atomic mass is 32.2. The van der Waals surface area contributed by atoms with Crippen LogP contribution in [0.5, 0.6) is 0 Å². The standard InChI is InChI=1S/C24H28O9S.C5H11NO2/c1-24(2)31-21-20(28-14-16-10-6-4-7-11-16)19(30-23(21)32-24)18(33-34(3,26)27)15-29-22(25)17-12-8-5-9-13-17;1-3(2)4(6)5(7)8/h4-13,18-21,23H,14-15H2,1-3H3;3-4H,6H2,1-2H3,(H,7,8)/t18-,19-,20+,21-,23-;4-/m10/s1. The number of hydrogen-bond acceptors (Lipinski definition) is 11. The topological polar surface area (TPSA) is 170 Å². The largest absolute Gasteiger partial charge is 0.480 e. The average molecular weight is 610 g/mol. The van der Waals surface area contributed by atoms with E-state index in [2.05, 4.69) is 0 Å². The van der Waals surface area contributed by atoms with Crippen LogP contribution in [0.15, 0.2) is 60.7 Å². The van der Waals surface area contributed by atoms with Crippen molar-refractivity contribution in [3.8, 4) is 0 Å². The number of ether oxygens (including phenoxy) is 5. The summed E-state index contributed by atoms with van der Waals surface area (Å²) in [7, 11) is -3.92. The van der Waals surface area contributed by atoms with E-state index in [-0.39, 0.29) is 19.1 Å². The predicted octanol–water partition coefficient (Wildman–Crippen LogP) is 2.70. The Morgan fingerprint density at radius 2 is 1.62 bits per heavy atom. The van der Waals surface area contributed by atoms with Crippen molar-refractivity contribution in [2.45, 2.75) is 76.8 Å². The monoisotopic (exact) mass is 609 g/mol. The summed E-state index contributed by atoms with van der Waals surface area (Å²) < 4.78 is 58.7. The number of benzene rings is 2. The Morgan fingerprint density at radius 1 is 1.02 bits per heavy atom. The van der Waals surface area contributed by atoms with Gasteiger partial charge in [0, 0.05) is 0 Å². The molecule has 2 aromatic rings. The van der Waals surface area contributed by atoms with Gasteiger partial charge in [0.25, 0.3) is 10.1 Å². The zero-order valence-electron chi connectivity index (χ0n) is 24.2. The number of hydrogen-bond donors (Lipinski definition) is 2. The minimum atomic E-state index is -3.92. The Balaban J connectivity index is 0.000000531. The van der Waals surface area contributed by atoms with E-state index in [9.17, 15) is 18.0 Å². The van der Waals surface area contributed by atoms with Crippen molar-refractivity contribution in [2.75, 3.05) is 12.9 Å². The molecule has 2 heterocycles. The molecule has 4 rings (SSSR count). The van der Waals surface area contributed by atoms with Crippen molar-refractivity contribution in [1.82, 2.24) is 0 Å². The van der Waals surface area contributed by atoms with Crippen molar-refractivity contribution in [3.63, 3.8) is 0 Å². The summed E-state index contributed by atoms with van der Waals surface area (Å²) in [4.78, 5) is 22.5. The van der Waals surface area contributed by atoms with Gasteiger partial charge in [-0.1, -0.05) is 62.4 Å². The lowest BCUT2D eigenvalue weighted by molar-refractivity contribution is -0.230. The summed E-state index contributed by atoms with van der Waals surface area (Å²) >= 11 is 0. The molecular weight excluding hydrogens is 570 g/mol. The van der Waals surface area contributed by atoms with Gasteiger partial charge >= 0.3 is 11.9 Å². The fourth-order valence-electron chi connectivity index (χ4n) is 4.26. The maximum Gasteiger partial charge on any atom is 0.338 e. The van der Waals surface area contributed by atoms with Crippen LogP contribution in [0.2, 0.25) is 0 Å². The first-order valence-corrected chi connectivity index (χ1v) is 15.2. The van der Waals surface area contributed by atoms with E-state index < -0.39 is 64.6 Å². The molecule has 232 valence electrons. The van der Waals surface area contributed by atoms with Crippen molar-refractivity contribution in [2.24, 2.45) is 11.7 Å². The van der Waals surface area contributed by atoms with Crippen LogP contribution < -0.4 is 5.73 Å². The number of nitrogens with two attached hydrogens (primary N) is 1. The van der Waals surface area contributed by atoms with Gasteiger partial charge in [-0.05, 0) is 37.5 Å². The van der Waals surface area contributed by atoms with Gasteiger partial charge in [0.05, 0.1) is 18.4 Å². The zero-order valence-corrected chi connectivity index (χ0v) is 25.1. The Labute approximate surface area is 246 Å². The number of rotatable bonds is 11. The summed E-state index contributed by atoms with van der Waals surface area (Å²) in [5.74, 6) is -2.43. The molecule has 6 atom stereocenters. The minimum absolute atomic E-state index is 0.0208. The van der Waals surface area contributed by atoms with Gasteiger partial charge in [-0.25, -0.2) is 4.79 Å². The highest BCUT2D eigenvalue weighted by molar-refractivity contribution is 7.86. The van der Waals surface area contributed by atoms with Crippen molar-refractivity contribution in [1.29, 1.82) is 0 Å². The van der Waals surface area contributed by atoms with Gasteiger partial charge in [-0.15, -0.1) is 0 Å². The molecule has 12 nitrogen and oxygen atoms in total. The number of fused-ring (bicyclic) bond motifs is 1. The number of carbonyl (C=O) groups excluding carboxylic acids is 1. The second-order valence-corrected chi connectivity index (χ2v) is 12.3. The van der Waals surface area contributed by atoms with Gasteiger partial charge < -0.3 is 34.5 Å². The average Bonchev–Trinajstić information content (AvgIpc) is 3.41. The van der Waals surface area contributed by atoms with Crippen molar-refractivity contribution >= 4 is 22.1 Å². The molecule has 2 aliphatic heterocycles. The van der Waals surface area contributed by atoms with E-state index in [0.717, 1.165) is 11.8 Å². The van der Waals surface area contributed by atoms with Gasteiger partial charge in [-0.3, -0.25) is 8.98 Å². The molecule has 13 heteroatoms. The Kier molecular flexibility index (Phi) is 11.6. The quantitative estimate of drug-likeness (QED) is 0.282. The normalized spacial score (nSPS) is 24.3. The molecule has 2 aliphatic rings. The van der Waals surface area contributed by atoms with Crippen LogP contribution in [-0.4, -0.2) is 80.9 Å². The summed E-state index contributed by atoms with van der Waals surface area (Å²) in [6, 6.07) is 17.1. The molecule has 0 saturated carbocycles. The third kappa shape index (κ3) is 9.83. The molecule has 2 saturated heterocycles. The Morgan fingerprint density at radius 3 is 2.14 bits per heavy atom. The molecule has 3 N–H and O–H groups in total. The number of esters is 1. The predicted molar refractivity (Wildman–Crippen MR) is 151 cm³/mol. The fourth-order valence-corrected chi connectivity index (χ4v) is 4.88. The first kappa shape index (κ1) is 33.6. The van der Waals surface area contributed by atoms with Crippen molar-refractivity contribution in [3.05, 3.63) is 71.8 Å². The third-order valence-corrected chi connectivity index (χ3v) is 6.97. The first-order chi connectivity index (χ1) is 19.7. The number of carbonyl (C=O) groups is 2. The Hall–Kier alpha value is -2.91. The van der Waals surface area contributed by atoms with Gasteiger partial charge in [0.2, 0.25) is 0 Å². The SMILES string of the molecule is CC(C)[C@H](N)C(=O)O.CC1(C)O[C@H]2O[C@H]([C@@H](COC(=O)c3ccccc3)OS(C)(=O)=O)[C@H](OCc3ccccc3)[C@H]2O1. The maximum atomic E-state index is 12.5. The fraction of sp³-hybridized carbons (Fsp3) is 0.517. The van der Waals surface area contributed by atoms with Crippen LogP contribution in [0.1, 0.15) is 43.6 Å². The van der Waals surface area contributed by atoms with Crippen LogP contribution in [0.25, 0.3) is 0 Å². The summed E-state index contributed by atoms with van der Waals surface area (Å²) in [6.45, 7) is 6.92. The maximum absolute atomic E-state index is 12.5. The van der Waals surface area contributed by atoms with Crippen molar-refractivity contribution < 1.29 is 51.0 Å². The lowest BCUT2D eigenvalue weighted by Gasteiger charge is -2.30. The number of carboxylic acids is 1. The molecule has 0 aromatic heterocycles. The first-order valence-electron chi connectivity index (χ1n) is 13.4. The summed E-state index contributed by atoms with van der Waals surface area (Å²) in [5.41, 5.74) is 6.40. The molecule has 0 spiro atoms. The zero-order chi connectivity index (χ0) is 31.1. The lowest BCUT2D eigenvalue weighted by Crippen LogP contribution is -2.46. The van der Waals surface area contributed by atoms with E-state index in [1.165, 1.54) is 0 Å². The minimum Gasteiger partial charge on any atom is -0.480 e. The van der Waals surface area contributed by atoms with E-state index in [1.807, 2.05) is 30.3 Å². The molecule has 42 heavy (non-hydrogen) atoms. The molecule has 0 unspecified atom stereocenters. The van der Waals surface area contributed by atoms with Crippen LogP contribution >= 0.6 is 0 Å². The molecule has 0 aliphatic carbocycles.